The molecule has 0 saturated heterocycles. The molecule has 2 rings (SSSR count). The lowest BCUT2D eigenvalue weighted by Gasteiger charge is -2.15. The zero-order valence-electron chi connectivity index (χ0n) is 7.87. The Hall–Kier alpha value is -1.01. The van der Waals surface area contributed by atoms with Gasteiger partial charge in [-0.15, -0.1) is 11.3 Å². The second-order valence-corrected chi connectivity index (χ2v) is 4.16. The van der Waals surface area contributed by atoms with Crippen molar-refractivity contribution >= 4 is 21.6 Å². The largest absolute Gasteiger partial charge is 0.394 e. The van der Waals surface area contributed by atoms with Crippen LogP contribution in [-0.2, 0) is 0 Å². The van der Waals surface area contributed by atoms with Gasteiger partial charge < -0.3 is 15.3 Å². The minimum atomic E-state index is -1.15. The first-order chi connectivity index (χ1) is 7.22. The molecule has 2 unspecified atom stereocenters. The van der Waals surface area contributed by atoms with E-state index in [9.17, 15) is 10.2 Å². The van der Waals surface area contributed by atoms with E-state index in [1.807, 2.05) is 6.07 Å². The van der Waals surface area contributed by atoms with Crippen molar-refractivity contribution in [2.75, 3.05) is 6.61 Å². The summed E-state index contributed by atoms with van der Waals surface area (Å²) in [5.74, 6) is 0. The maximum absolute atomic E-state index is 9.65. The molecular weight excluding hydrogens is 214 g/mol. The number of hydrogen-bond acceptors (Lipinski definition) is 5. The van der Waals surface area contributed by atoms with Crippen LogP contribution in [0.1, 0.15) is 11.7 Å². The van der Waals surface area contributed by atoms with Crippen LogP contribution in [0.2, 0.25) is 0 Å². The maximum Gasteiger partial charge on any atom is 0.107 e. The number of aliphatic hydroxyl groups is 3. The first-order valence-electron chi connectivity index (χ1n) is 4.52. The van der Waals surface area contributed by atoms with E-state index in [2.05, 4.69) is 4.98 Å². The van der Waals surface area contributed by atoms with Gasteiger partial charge in [0.25, 0.3) is 0 Å². The van der Waals surface area contributed by atoms with Crippen molar-refractivity contribution in [3.63, 3.8) is 0 Å². The lowest BCUT2D eigenvalue weighted by Crippen LogP contribution is -2.21. The molecule has 0 aliphatic rings. The lowest BCUT2D eigenvalue weighted by molar-refractivity contribution is -0.0152. The van der Waals surface area contributed by atoms with Crippen molar-refractivity contribution in [1.29, 1.82) is 0 Å². The van der Waals surface area contributed by atoms with E-state index in [0.29, 0.717) is 5.56 Å². The summed E-state index contributed by atoms with van der Waals surface area (Å²) >= 11 is 1.52. The quantitative estimate of drug-likeness (QED) is 0.718. The van der Waals surface area contributed by atoms with Crippen LogP contribution < -0.4 is 0 Å². The highest BCUT2D eigenvalue weighted by Crippen LogP contribution is 2.23. The standard InChI is InChI=1S/C10H11NO3S/c12-4-8(13)10(14)6-1-2-9-7(3-6)11-5-15-9/h1-3,5,8,10,12-14H,4H2. The molecule has 80 valence electrons. The summed E-state index contributed by atoms with van der Waals surface area (Å²) in [6, 6.07) is 5.29. The number of thiazole rings is 1. The third-order valence-corrected chi connectivity index (χ3v) is 3.06. The molecule has 4 nitrogen and oxygen atoms in total. The van der Waals surface area contributed by atoms with Gasteiger partial charge >= 0.3 is 0 Å². The van der Waals surface area contributed by atoms with Crippen molar-refractivity contribution in [2.24, 2.45) is 0 Å². The highest BCUT2D eigenvalue weighted by molar-refractivity contribution is 7.16. The Morgan fingerprint density at radius 1 is 1.33 bits per heavy atom. The van der Waals surface area contributed by atoms with Crippen molar-refractivity contribution in [3.05, 3.63) is 29.3 Å². The van der Waals surface area contributed by atoms with Gasteiger partial charge in [-0.05, 0) is 17.7 Å². The summed E-state index contributed by atoms with van der Waals surface area (Å²) in [6.45, 7) is -0.462. The Bertz CT molecular complexity index is 457. The minimum Gasteiger partial charge on any atom is -0.394 e. The fourth-order valence-electron chi connectivity index (χ4n) is 1.38. The van der Waals surface area contributed by atoms with Crippen LogP contribution in [0, 0.1) is 0 Å². The van der Waals surface area contributed by atoms with E-state index < -0.39 is 18.8 Å². The van der Waals surface area contributed by atoms with E-state index in [4.69, 9.17) is 5.11 Å². The molecule has 0 spiro atoms. The molecule has 15 heavy (non-hydrogen) atoms. The van der Waals surface area contributed by atoms with Gasteiger partial charge in [-0.3, -0.25) is 0 Å². The van der Waals surface area contributed by atoms with Crippen LogP contribution in [0.5, 0.6) is 0 Å². The van der Waals surface area contributed by atoms with Crippen LogP contribution in [0.3, 0.4) is 0 Å². The zero-order chi connectivity index (χ0) is 10.8. The molecule has 2 aromatic rings. The summed E-state index contributed by atoms with van der Waals surface area (Å²) in [7, 11) is 0. The zero-order valence-corrected chi connectivity index (χ0v) is 8.68. The van der Waals surface area contributed by atoms with Crippen molar-refractivity contribution in [2.45, 2.75) is 12.2 Å². The molecule has 5 heteroatoms. The fourth-order valence-corrected chi connectivity index (χ4v) is 2.04. The van der Waals surface area contributed by atoms with Crippen molar-refractivity contribution < 1.29 is 15.3 Å². The Morgan fingerprint density at radius 2 is 2.13 bits per heavy atom. The molecule has 0 radical (unpaired) electrons. The van der Waals surface area contributed by atoms with Gasteiger partial charge in [-0.2, -0.15) is 0 Å². The summed E-state index contributed by atoms with van der Waals surface area (Å²) in [4.78, 5) is 4.11. The highest BCUT2D eigenvalue weighted by atomic mass is 32.1. The average molecular weight is 225 g/mol. The van der Waals surface area contributed by atoms with Crippen molar-refractivity contribution in [1.82, 2.24) is 4.98 Å². The first-order valence-corrected chi connectivity index (χ1v) is 5.40. The SMILES string of the molecule is OCC(O)C(O)c1ccc2scnc2c1. The molecule has 0 amide bonds. The number of aliphatic hydroxyl groups excluding tert-OH is 3. The van der Waals surface area contributed by atoms with Gasteiger partial charge in [0.2, 0.25) is 0 Å². The lowest BCUT2D eigenvalue weighted by atomic mass is 10.0. The third-order valence-electron chi connectivity index (χ3n) is 2.25. The number of hydrogen-bond donors (Lipinski definition) is 3. The molecule has 0 saturated carbocycles. The highest BCUT2D eigenvalue weighted by Gasteiger charge is 2.17. The van der Waals surface area contributed by atoms with Crippen LogP contribution in [-0.4, -0.2) is 33.0 Å². The number of nitrogens with zero attached hydrogens (tertiary/aromatic N) is 1. The van der Waals surface area contributed by atoms with E-state index in [0.717, 1.165) is 10.2 Å². The molecule has 1 heterocycles. The molecule has 3 N–H and O–H groups in total. The molecular formula is C10H11NO3S. The summed E-state index contributed by atoms with van der Waals surface area (Å²) in [6.07, 6.45) is -2.22. The van der Waals surface area contributed by atoms with Crippen molar-refractivity contribution in [3.8, 4) is 0 Å². The third kappa shape index (κ3) is 2.00. The van der Waals surface area contributed by atoms with Gasteiger partial charge in [-0.25, -0.2) is 4.98 Å². The van der Waals surface area contributed by atoms with E-state index in [1.54, 1.807) is 17.6 Å². The Kier molecular flexibility index (Phi) is 2.97. The van der Waals surface area contributed by atoms with E-state index >= 15 is 0 Å². The molecule has 0 fully saturated rings. The monoisotopic (exact) mass is 225 g/mol. The molecule has 0 aliphatic heterocycles. The molecule has 1 aromatic carbocycles. The maximum atomic E-state index is 9.65. The van der Waals surface area contributed by atoms with Crippen LogP contribution >= 0.6 is 11.3 Å². The number of fused-ring (bicyclic) bond motifs is 1. The Morgan fingerprint density at radius 3 is 2.87 bits per heavy atom. The number of aromatic nitrogens is 1. The van der Waals surface area contributed by atoms with Crippen LogP contribution in [0.15, 0.2) is 23.7 Å². The smallest absolute Gasteiger partial charge is 0.107 e. The summed E-state index contributed by atoms with van der Waals surface area (Å²) < 4.78 is 1.03. The topological polar surface area (TPSA) is 73.6 Å². The number of benzene rings is 1. The van der Waals surface area contributed by atoms with Gasteiger partial charge in [0.1, 0.15) is 12.2 Å². The van der Waals surface area contributed by atoms with Gasteiger partial charge in [0.15, 0.2) is 0 Å². The second kappa shape index (κ2) is 4.24. The minimum absolute atomic E-state index is 0.462. The second-order valence-electron chi connectivity index (χ2n) is 3.27. The number of rotatable bonds is 3. The summed E-state index contributed by atoms with van der Waals surface area (Å²) in [5, 5.41) is 27.7. The van der Waals surface area contributed by atoms with Crippen LogP contribution in [0.25, 0.3) is 10.2 Å². The first kappa shape index (κ1) is 10.5. The summed E-state index contributed by atoms with van der Waals surface area (Å²) in [5.41, 5.74) is 3.08. The predicted octanol–water partition coefficient (Wildman–Crippen LogP) is 0.683. The average Bonchev–Trinajstić information content (AvgIpc) is 2.73. The van der Waals surface area contributed by atoms with E-state index in [1.165, 1.54) is 11.3 Å². The molecule has 1 aromatic heterocycles. The van der Waals surface area contributed by atoms with Gasteiger partial charge in [0.05, 0.1) is 22.3 Å². The molecule has 0 bridgehead atoms. The molecule has 0 aliphatic carbocycles. The van der Waals surface area contributed by atoms with E-state index in [-0.39, 0.29) is 0 Å². The fraction of sp³-hybridized carbons (Fsp3) is 0.300. The predicted molar refractivity (Wildman–Crippen MR) is 57.7 cm³/mol. The van der Waals surface area contributed by atoms with Gasteiger partial charge in [-0.1, -0.05) is 6.07 Å². The Balaban J connectivity index is 2.35. The van der Waals surface area contributed by atoms with Crippen LogP contribution in [0.4, 0.5) is 0 Å². The molecule has 2 atom stereocenters. The normalized spacial score (nSPS) is 15.4. The van der Waals surface area contributed by atoms with Gasteiger partial charge in [0, 0.05) is 0 Å². The Labute approximate surface area is 90.5 Å².